The minimum Gasteiger partial charge on any atom is -0.366 e. The topological polar surface area (TPSA) is 15.8 Å². The first kappa shape index (κ1) is 5.38. The summed E-state index contributed by atoms with van der Waals surface area (Å²) in [4.78, 5) is 2.90. The third kappa shape index (κ3) is 1.07. The number of aromatic nitrogens is 1. The third-order valence-electron chi connectivity index (χ3n) is 0.648. The first-order chi connectivity index (χ1) is 3.30. The van der Waals surface area contributed by atoms with Gasteiger partial charge in [0, 0.05) is 21.3 Å². The lowest BCUT2D eigenvalue weighted by Crippen LogP contribution is -1.46. The quantitative estimate of drug-likeness (QED) is 0.698. The van der Waals surface area contributed by atoms with Gasteiger partial charge in [-0.25, -0.2) is 0 Å². The van der Waals surface area contributed by atoms with E-state index in [9.17, 15) is 0 Å². The summed E-state index contributed by atoms with van der Waals surface area (Å²) < 4.78 is 2.12. The Bertz CT molecular complexity index is 142. The molecule has 0 spiro atoms. The smallest absolute Gasteiger partial charge is 0.0492 e. The Hall–Kier alpha value is 0.240. The van der Waals surface area contributed by atoms with Gasteiger partial charge in [0.1, 0.15) is 0 Å². The molecule has 0 saturated carbocycles. The van der Waals surface area contributed by atoms with Crippen molar-refractivity contribution >= 4 is 31.9 Å². The molecule has 0 radical (unpaired) electrons. The molecule has 1 heterocycles. The van der Waals surface area contributed by atoms with Gasteiger partial charge < -0.3 is 4.98 Å². The van der Waals surface area contributed by atoms with Gasteiger partial charge in [-0.3, -0.25) is 0 Å². The van der Waals surface area contributed by atoms with Crippen LogP contribution in [0.25, 0.3) is 0 Å². The van der Waals surface area contributed by atoms with Crippen molar-refractivity contribution in [1.29, 1.82) is 0 Å². The average Bonchev–Trinajstić information content (AvgIpc) is 1.91. The Kier molecular flexibility index (Phi) is 1.54. The highest BCUT2D eigenvalue weighted by molar-refractivity contribution is 9.13. The van der Waals surface area contributed by atoms with Crippen molar-refractivity contribution in [2.75, 3.05) is 0 Å². The molecule has 1 aromatic heterocycles. The second kappa shape index (κ2) is 2.01. The molecule has 1 rings (SSSR count). The molecule has 0 aliphatic carbocycles. The SMILES string of the molecule is Brc1c[nH]cc1Br. The maximum atomic E-state index is 3.29. The first-order valence-electron chi connectivity index (χ1n) is 1.78. The number of H-pyrrole nitrogens is 1. The predicted molar refractivity (Wildman–Crippen MR) is 36.2 cm³/mol. The number of aromatic amines is 1. The molecular formula is C4H3Br2N. The Morgan fingerprint density at radius 3 is 1.71 bits per heavy atom. The van der Waals surface area contributed by atoms with Crippen LogP contribution in [0.3, 0.4) is 0 Å². The van der Waals surface area contributed by atoms with Crippen LogP contribution in [-0.4, -0.2) is 4.98 Å². The van der Waals surface area contributed by atoms with Gasteiger partial charge in [0.2, 0.25) is 0 Å². The molecule has 1 aromatic rings. The molecule has 7 heavy (non-hydrogen) atoms. The summed E-state index contributed by atoms with van der Waals surface area (Å²) in [7, 11) is 0. The van der Waals surface area contributed by atoms with E-state index in [1.54, 1.807) is 0 Å². The van der Waals surface area contributed by atoms with Crippen LogP contribution in [0.5, 0.6) is 0 Å². The van der Waals surface area contributed by atoms with Gasteiger partial charge >= 0.3 is 0 Å². The minimum atomic E-state index is 1.06. The molecule has 38 valence electrons. The molecule has 0 aliphatic heterocycles. The van der Waals surface area contributed by atoms with Crippen molar-refractivity contribution in [2.24, 2.45) is 0 Å². The van der Waals surface area contributed by atoms with E-state index < -0.39 is 0 Å². The van der Waals surface area contributed by atoms with Crippen LogP contribution < -0.4 is 0 Å². The molecule has 0 unspecified atom stereocenters. The summed E-state index contributed by atoms with van der Waals surface area (Å²) in [6, 6.07) is 0. The minimum absolute atomic E-state index is 1.06. The Balaban J connectivity index is 3.12. The highest BCUT2D eigenvalue weighted by Crippen LogP contribution is 2.20. The van der Waals surface area contributed by atoms with Gasteiger partial charge in [-0.1, -0.05) is 0 Å². The highest BCUT2D eigenvalue weighted by atomic mass is 79.9. The van der Waals surface area contributed by atoms with Crippen LogP contribution in [0.15, 0.2) is 21.3 Å². The van der Waals surface area contributed by atoms with E-state index in [4.69, 9.17) is 0 Å². The summed E-state index contributed by atoms with van der Waals surface area (Å²) in [5.41, 5.74) is 0. The van der Waals surface area contributed by atoms with Crippen LogP contribution in [0.1, 0.15) is 0 Å². The highest BCUT2D eigenvalue weighted by Gasteiger charge is 1.90. The van der Waals surface area contributed by atoms with Crippen LogP contribution >= 0.6 is 31.9 Å². The fourth-order valence-electron chi connectivity index (χ4n) is 0.326. The zero-order valence-electron chi connectivity index (χ0n) is 3.41. The number of halogens is 2. The molecule has 0 aromatic carbocycles. The lowest BCUT2D eigenvalue weighted by atomic mass is 10.7. The van der Waals surface area contributed by atoms with E-state index in [1.165, 1.54) is 0 Å². The largest absolute Gasteiger partial charge is 0.366 e. The molecular weight excluding hydrogens is 222 g/mol. The van der Waals surface area contributed by atoms with E-state index in [1.807, 2.05) is 12.4 Å². The van der Waals surface area contributed by atoms with Crippen LogP contribution in [-0.2, 0) is 0 Å². The maximum absolute atomic E-state index is 3.29. The van der Waals surface area contributed by atoms with Crippen LogP contribution in [0.2, 0.25) is 0 Å². The van der Waals surface area contributed by atoms with Crippen LogP contribution in [0, 0.1) is 0 Å². The summed E-state index contributed by atoms with van der Waals surface area (Å²) >= 11 is 6.57. The van der Waals surface area contributed by atoms with Gasteiger partial charge in [-0.2, -0.15) is 0 Å². The molecule has 0 bridgehead atoms. The predicted octanol–water partition coefficient (Wildman–Crippen LogP) is 2.54. The molecule has 1 N–H and O–H groups in total. The summed E-state index contributed by atoms with van der Waals surface area (Å²) in [6.45, 7) is 0. The van der Waals surface area contributed by atoms with Crippen molar-refractivity contribution in [2.45, 2.75) is 0 Å². The second-order valence-electron chi connectivity index (χ2n) is 1.15. The van der Waals surface area contributed by atoms with E-state index >= 15 is 0 Å². The molecule has 0 aliphatic rings. The first-order valence-corrected chi connectivity index (χ1v) is 3.37. The Morgan fingerprint density at radius 1 is 1.14 bits per heavy atom. The van der Waals surface area contributed by atoms with E-state index in [0.717, 1.165) is 8.95 Å². The van der Waals surface area contributed by atoms with Gasteiger partial charge in [0.15, 0.2) is 0 Å². The molecule has 0 fully saturated rings. The fraction of sp³-hybridized carbons (Fsp3) is 0. The number of rotatable bonds is 0. The standard InChI is InChI=1S/C4H3Br2N/c5-3-1-7-2-4(3)6/h1-2,7H. The maximum Gasteiger partial charge on any atom is 0.0492 e. The zero-order chi connectivity index (χ0) is 5.28. The van der Waals surface area contributed by atoms with Gasteiger partial charge in [0.05, 0.1) is 0 Å². The Morgan fingerprint density at radius 2 is 1.57 bits per heavy atom. The molecule has 0 saturated heterocycles. The summed E-state index contributed by atoms with van der Waals surface area (Å²) in [5.74, 6) is 0. The second-order valence-corrected chi connectivity index (χ2v) is 2.86. The zero-order valence-corrected chi connectivity index (χ0v) is 6.58. The average molecular weight is 225 g/mol. The third-order valence-corrected chi connectivity index (χ3v) is 2.49. The summed E-state index contributed by atoms with van der Waals surface area (Å²) in [6.07, 6.45) is 3.73. The fourth-order valence-corrected chi connectivity index (χ4v) is 0.819. The lowest BCUT2D eigenvalue weighted by molar-refractivity contribution is 1.41. The lowest BCUT2D eigenvalue weighted by Gasteiger charge is -1.74. The van der Waals surface area contributed by atoms with Crippen molar-refractivity contribution in [3.63, 3.8) is 0 Å². The molecule has 0 atom stereocenters. The normalized spacial score (nSPS) is 9.43. The van der Waals surface area contributed by atoms with Crippen molar-refractivity contribution < 1.29 is 0 Å². The molecule has 0 amide bonds. The van der Waals surface area contributed by atoms with E-state index in [2.05, 4.69) is 36.8 Å². The monoisotopic (exact) mass is 223 g/mol. The van der Waals surface area contributed by atoms with Crippen LogP contribution in [0.4, 0.5) is 0 Å². The van der Waals surface area contributed by atoms with E-state index in [0.29, 0.717) is 0 Å². The number of nitrogens with one attached hydrogen (secondary N) is 1. The van der Waals surface area contributed by atoms with Gasteiger partial charge in [-0.15, -0.1) is 0 Å². The van der Waals surface area contributed by atoms with Crippen molar-refractivity contribution in [1.82, 2.24) is 4.98 Å². The van der Waals surface area contributed by atoms with Gasteiger partial charge in [0.25, 0.3) is 0 Å². The molecule has 3 heteroatoms. The number of hydrogen-bond acceptors (Lipinski definition) is 0. The van der Waals surface area contributed by atoms with Gasteiger partial charge in [-0.05, 0) is 31.9 Å². The van der Waals surface area contributed by atoms with E-state index in [-0.39, 0.29) is 0 Å². The number of hydrogen-bond donors (Lipinski definition) is 1. The molecule has 1 nitrogen and oxygen atoms in total. The van der Waals surface area contributed by atoms with Crippen molar-refractivity contribution in [3.8, 4) is 0 Å². The van der Waals surface area contributed by atoms with Crippen molar-refractivity contribution in [3.05, 3.63) is 21.3 Å². The summed E-state index contributed by atoms with van der Waals surface area (Å²) in [5, 5.41) is 0. The Labute approximate surface area is 58.4 Å².